The van der Waals surface area contributed by atoms with Crippen LogP contribution in [0.1, 0.15) is 30.5 Å². The van der Waals surface area contributed by atoms with Crippen molar-refractivity contribution in [2.75, 3.05) is 18.5 Å². The standard InChI is InChI=1S/C25H25FN2O3/c1-16-12-21(24(2,3)30)22(27-13-16)17-4-6-18(7-5-17)25(14-31-15-25)23(29)28-20-10-8-19(26)9-11-20/h4-13,30H,14-15H2,1-3H3,(H,28,29). The Balaban J connectivity index is 1.63. The highest BCUT2D eigenvalue weighted by Gasteiger charge is 2.47. The highest BCUT2D eigenvalue weighted by Crippen LogP contribution is 2.36. The molecule has 0 aliphatic carbocycles. The van der Waals surface area contributed by atoms with Crippen LogP contribution in [-0.4, -0.2) is 29.2 Å². The van der Waals surface area contributed by atoms with Gasteiger partial charge in [0.05, 0.1) is 24.5 Å². The zero-order chi connectivity index (χ0) is 22.2. The normalized spacial score (nSPS) is 15.3. The second kappa shape index (κ2) is 7.87. The van der Waals surface area contributed by atoms with Gasteiger partial charge in [0.25, 0.3) is 0 Å². The van der Waals surface area contributed by atoms with Crippen LogP contribution in [-0.2, 0) is 20.5 Å². The van der Waals surface area contributed by atoms with Crippen LogP contribution in [0.2, 0.25) is 0 Å². The van der Waals surface area contributed by atoms with Gasteiger partial charge in [0, 0.05) is 23.0 Å². The lowest BCUT2D eigenvalue weighted by Crippen LogP contribution is -2.55. The Labute approximate surface area is 180 Å². The minimum absolute atomic E-state index is 0.191. The van der Waals surface area contributed by atoms with Crippen LogP contribution in [0.3, 0.4) is 0 Å². The number of nitrogens with zero attached hydrogens (tertiary/aromatic N) is 1. The van der Waals surface area contributed by atoms with Crippen LogP contribution in [0.4, 0.5) is 10.1 Å². The van der Waals surface area contributed by atoms with Gasteiger partial charge in [-0.2, -0.15) is 0 Å². The number of nitrogens with one attached hydrogen (secondary N) is 1. The van der Waals surface area contributed by atoms with Crippen molar-refractivity contribution in [1.29, 1.82) is 0 Å². The summed E-state index contributed by atoms with van der Waals surface area (Å²) in [5, 5.41) is 13.4. The van der Waals surface area contributed by atoms with Crippen molar-refractivity contribution >= 4 is 11.6 Å². The Morgan fingerprint density at radius 3 is 2.32 bits per heavy atom. The third-order valence-electron chi connectivity index (χ3n) is 5.63. The summed E-state index contributed by atoms with van der Waals surface area (Å²) < 4.78 is 18.5. The Kier molecular flexibility index (Phi) is 5.37. The summed E-state index contributed by atoms with van der Waals surface area (Å²) in [6.45, 7) is 5.97. The van der Waals surface area contributed by atoms with Gasteiger partial charge in [-0.3, -0.25) is 9.78 Å². The molecule has 2 heterocycles. The molecule has 31 heavy (non-hydrogen) atoms. The number of hydrogen-bond donors (Lipinski definition) is 2. The van der Waals surface area contributed by atoms with Crippen LogP contribution < -0.4 is 5.32 Å². The molecule has 0 bridgehead atoms. The van der Waals surface area contributed by atoms with Crippen molar-refractivity contribution in [2.45, 2.75) is 31.8 Å². The summed E-state index contributed by atoms with van der Waals surface area (Å²) in [7, 11) is 0. The molecule has 1 fully saturated rings. The molecule has 1 aliphatic heterocycles. The van der Waals surface area contributed by atoms with Gasteiger partial charge in [-0.05, 0) is 62.2 Å². The average Bonchev–Trinajstić information content (AvgIpc) is 2.69. The molecule has 1 amide bonds. The molecule has 0 atom stereocenters. The van der Waals surface area contributed by atoms with Crippen LogP contribution in [0.25, 0.3) is 11.3 Å². The summed E-state index contributed by atoms with van der Waals surface area (Å²) in [6.07, 6.45) is 1.77. The molecule has 0 saturated carbocycles. The van der Waals surface area contributed by atoms with Gasteiger partial charge < -0.3 is 15.2 Å². The van der Waals surface area contributed by atoms with Crippen LogP contribution in [0, 0.1) is 12.7 Å². The third kappa shape index (κ3) is 4.09. The number of pyridine rings is 1. The van der Waals surface area contributed by atoms with Gasteiger partial charge in [-0.15, -0.1) is 0 Å². The largest absolute Gasteiger partial charge is 0.386 e. The zero-order valence-corrected chi connectivity index (χ0v) is 17.8. The molecule has 1 aromatic heterocycles. The molecule has 2 aromatic carbocycles. The number of rotatable bonds is 5. The van der Waals surface area contributed by atoms with E-state index in [2.05, 4.69) is 10.3 Å². The van der Waals surface area contributed by atoms with Crippen molar-refractivity contribution in [2.24, 2.45) is 0 Å². The van der Waals surface area contributed by atoms with Gasteiger partial charge in [0.15, 0.2) is 0 Å². The molecule has 6 heteroatoms. The van der Waals surface area contributed by atoms with E-state index in [1.807, 2.05) is 37.3 Å². The maximum Gasteiger partial charge on any atom is 0.239 e. The Bertz CT molecular complexity index is 1100. The minimum atomic E-state index is -1.04. The van der Waals surface area contributed by atoms with E-state index in [9.17, 15) is 14.3 Å². The zero-order valence-electron chi connectivity index (χ0n) is 17.8. The fourth-order valence-electron chi connectivity index (χ4n) is 3.73. The molecular formula is C25H25FN2O3. The number of ether oxygens (including phenoxy) is 1. The number of carbonyl (C=O) groups is 1. The molecule has 0 radical (unpaired) electrons. The first-order valence-electron chi connectivity index (χ1n) is 10.1. The molecular weight excluding hydrogens is 395 g/mol. The Hall–Kier alpha value is -3.09. The van der Waals surface area contributed by atoms with E-state index in [1.54, 1.807) is 20.0 Å². The SMILES string of the molecule is Cc1cnc(-c2ccc(C3(C(=O)Nc4ccc(F)cc4)COC3)cc2)c(C(C)(C)O)c1. The van der Waals surface area contributed by atoms with Crippen molar-refractivity contribution in [3.8, 4) is 11.3 Å². The Morgan fingerprint density at radius 1 is 1.13 bits per heavy atom. The molecule has 1 aliphatic rings. The molecule has 2 N–H and O–H groups in total. The highest BCUT2D eigenvalue weighted by molar-refractivity contribution is 6.00. The fraction of sp³-hybridized carbons (Fsp3) is 0.280. The third-order valence-corrected chi connectivity index (χ3v) is 5.63. The van der Waals surface area contributed by atoms with E-state index in [1.165, 1.54) is 24.3 Å². The summed E-state index contributed by atoms with van der Waals surface area (Å²) >= 11 is 0. The lowest BCUT2D eigenvalue weighted by molar-refractivity contribution is -0.139. The van der Waals surface area contributed by atoms with Crippen molar-refractivity contribution in [1.82, 2.24) is 4.98 Å². The maximum absolute atomic E-state index is 13.1. The summed E-state index contributed by atoms with van der Waals surface area (Å²) in [5.74, 6) is -0.547. The topological polar surface area (TPSA) is 71.5 Å². The predicted molar refractivity (Wildman–Crippen MR) is 117 cm³/mol. The Morgan fingerprint density at radius 2 is 1.77 bits per heavy atom. The summed E-state index contributed by atoms with van der Waals surface area (Å²) in [5.41, 5.74) is 2.82. The lowest BCUT2D eigenvalue weighted by Gasteiger charge is -2.40. The van der Waals surface area contributed by atoms with E-state index in [4.69, 9.17) is 4.74 Å². The van der Waals surface area contributed by atoms with Gasteiger partial charge in [0.1, 0.15) is 11.2 Å². The summed E-state index contributed by atoms with van der Waals surface area (Å²) in [6, 6.07) is 15.2. The first-order valence-corrected chi connectivity index (χ1v) is 10.1. The molecule has 0 unspecified atom stereocenters. The minimum Gasteiger partial charge on any atom is -0.386 e. The van der Waals surface area contributed by atoms with E-state index >= 15 is 0 Å². The van der Waals surface area contributed by atoms with E-state index in [-0.39, 0.29) is 24.9 Å². The first kappa shape index (κ1) is 21.2. The number of amides is 1. The first-order chi connectivity index (χ1) is 14.7. The molecule has 1 saturated heterocycles. The number of carbonyl (C=O) groups excluding carboxylic acids is 1. The summed E-state index contributed by atoms with van der Waals surface area (Å²) in [4.78, 5) is 17.6. The second-order valence-corrected chi connectivity index (χ2v) is 8.58. The van der Waals surface area contributed by atoms with Gasteiger partial charge >= 0.3 is 0 Å². The highest BCUT2D eigenvalue weighted by atomic mass is 19.1. The van der Waals surface area contributed by atoms with E-state index in [0.717, 1.165) is 22.3 Å². The van der Waals surface area contributed by atoms with E-state index in [0.29, 0.717) is 11.4 Å². The lowest BCUT2D eigenvalue weighted by atomic mass is 9.77. The predicted octanol–water partition coefficient (Wildman–Crippen LogP) is 4.33. The molecule has 3 aromatic rings. The number of halogens is 1. The van der Waals surface area contributed by atoms with Crippen LogP contribution in [0.5, 0.6) is 0 Å². The van der Waals surface area contributed by atoms with Crippen molar-refractivity contribution in [3.05, 3.63) is 83.3 Å². The van der Waals surface area contributed by atoms with Crippen molar-refractivity contribution in [3.63, 3.8) is 0 Å². The number of anilines is 1. The molecule has 0 spiro atoms. The average molecular weight is 420 g/mol. The smallest absolute Gasteiger partial charge is 0.239 e. The number of hydrogen-bond acceptors (Lipinski definition) is 4. The fourth-order valence-corrected chi connectivity index (χ4v) is 3.73. The van der Waals surface area contributed by atoms with Gasteiger partial charge in [0.2, 0.25) is 5.91 Å². The van der Waals surface area contributed by atoms with Crippen molar-refractivity contribution < 1.29 is 19.0 Å². The monoisotopic (exact) mass is 420 g/mol. The molecule has 4 rings (SSSR count). The number of aryl methyl sites for hydroxylation is 1. The quantitative estimate of drug-likeness (QED) is 0.645. The van der Waals surface area contributed by atoms with Crippen LogP contribution >= 0.6 is 0 Å². The number of aliphatic hydroxyl groups is 1. The molecule has 160 valence electrons. The maximum atomic E-state index is 13.1. The second-order valence-electron chi connectivity index (χ2n) is 8.58. The number of benzene rings is 2. The van der Waals surface area contributed by atoms with E-state index < -0.39 is 11.0 Å². The van der Waals surface area contributed by atoms with Gasteiger partial charge in [-0.25, -0.2) is 4.39 Å². The number of aromatic nitrogens is 1. The van der Waals surface area contributed by atoms with Gasteiger partial charge in [-0.1, -0.05) is 24.3 Å². The molecule has 5 nitrogen and oxygen atoms in total. The van der Waals surface area contributed by atoms with Crippen LogP contribution in [0.15, 0.2) is 60.8 Å².